The first-order chi connectivity index (χ1) is 16.6. The van der Waals surface area contributed by atoms with Crippen molar-refractivity contribution in [3.8, 4) is 22.9 Å². The van der Waals surface area contributed by atoms with Gasteiger partial charge in [-0.25, -0.2) is 13.6 Å². The number of carbonyl (C=O) groups is 1. The minimum Gasteiger partial charge on any atom is -0.507 e. The Morgan fingerprint density at radius 2 is 1.97 bits per heavy atom. The van der Waals surface area contributed by atoms with Gasteiger partial charge < -0.3 is 19.9 Å². The Bertz CT molecular complexity index is 1380. The van der Waals surface area contributed by atoms with Gasteiger partial charge in [0.2, 0.25) is 0 Å². The van der Waals surface area contributed by atoms with E-state index in [1.807, 2.05) is 0 Å². The van der Waals surface area contributed by atoms with E-state index in [0.29, 0.717) is 24.3 Å². The number of alkyl halides is 2. The summed E-state index contributed by atoms with van der Waals surface area (Å²) in [4.78, 5) is 37.9. The van der Waals surface area contributed by atoms with E-state index in [0.717, 1.165) is 0 Å². The summed E-state index contributed by atoms with van der Waals surface area (Å²) in [5, 5.41) is 16.0. The van der Waals surface area contributed by atoms with E-state index in [1.165, 1.54) is 30.3 Å². The summed E-state index contributed by atoms with van der Waals surface area (Å²) in [6.07, 6.45) is -2.58. The van der Waals surface area contributed by atoms with Crippen LogP contribution in [0.3, 0.4) is 0 Å². The highest BCUT2D eigenvalue weighted by Gasteiger charge is 2.22. The smallest absolute Gasteiger partial charge is 0.349 e. The molecule has 10 nitrogen and oxygen atoms in total. The Kier molecular flexibility index (Phi) is 7.05. The number of hydrogen-bond donors (Lipinski definition) is 3. The summed E-state index contributed by atoms with van der Waals surface area (Å²) in [5.74, 6) is -0.787. The fourth-order valence-corrected chi connectivity index (χ4v) is 3.84. The number of carbonyl (C=O) groups excluding carboxylic acids is 1. The number of aromatic nitrogens is 3. The molecule has 1 aromatic heterocycles. The fourth-order valence-electron chi connectivity index (χ4n) is 3.29. The molecule has 2 heterocycles. The fraction of sp³-hybridized carbons (Fsp3) is 0.238. The van der Waals surface area contributed by atoms with Gasteiger partial charge in [0.25, 0.3) is 17.9 Å². The summed E-state index contributed by atoms with van der Waals surface area (Å²) in [7, 11) is 0. The van der Waals surface area contributed by atoms with E-state index < -0.39 is 29.3 Å². The molecule has 1 atom stereocenters. The summed E-state index contributed by atoms with van der Waals surface area (Å²) < 4.78 is 37.5. The molecule has 3 aromatic rings. The second kappa shape index (κ2) is 10.0. The second-order valence-electron chi connectivity index (χ2n) is 7.41. The van der Waals surface area contributed by atoms with E-state index in [2.05, 4.69) is 10.4 Å². The molecule has 0 saturated carbocycles. The molecule has 1 fully saturated rings. The number of phenolic OH excluding ortho intramolecular Hbond substituents is 1. The number of ether oxygens (including phenoxy) is 2. The number of aromatic hydroxyl groups is 1. The SMILES string of the molecule is O=C(NC1CCOC1)c1cc(Oc2c(Cl)cc(-n3nc(C(F)F)c(=O)[nH]c3=O)cc2Cl)ccc1O. The third kappa shape index (κ3) is 5.29. The van der Waals surface area contributed by atoms with Crippen LogP contribution in [0.4, 0.5) is 8.78 Å². The van der Waals surface area contributed by atoms with E-state index in [9.17, 15) is 28.3 Å². The van der Waals surface area contributed by atoms with Gasteiger partial charge in [0.05, 0.1) is 33.9 Å². The Hall–Kier alpha value is -3.48. The van der Waals surface area contributed by atoms with Crippen LogP contribution in [0.1, 0.15) is 28.9 Å². The first kappa shape index (κ1) is 24.6. The van der Waals surface area contributed by atoms with Crippen LogP contribution in [-0.4, -0.2) is 45.0 Å². The first-order valence-corrected chi connectivity index (χ1v) is 10.8. The Morgan fingerprint density at radius 1 is 1.26 bits per heavy atom. The van der Waals surface area contributed by atoms with Gasteiger partial charge in [0, 0.05) is 6.61 Å². The van der Waals surface area contributed by atoms with Gasteiger partial charge in [-0.3, -0.25) is 14.6 Å². The molecule has 1 aliphatic heterocycles. The van der Waals surface area contributed by atoms with Gasteiger partial charge in [-0.1, -0.05) is 23.2 Å². The van der Waals surface area contributed by atoms with Crippen molar-refractivity contribution in [2.24, 2.45) is 0 Å². The van der Waals surface area contributed by atoms with E-state index in [-0.39, 0.29) is 44.6 Å². The lowest BCUT2D eigenvalue weighted by Gasteiger charge is -2.15. The van der Waals surface area contributed by atoms with E-state index in [4.69, 9.17) is 32.7 Å². The zero-order chi connectivity index (χ0) is 25.3. The van der Waals surface area contributed by atoms with Gasteiger partial charge in [0.1, 0.15) is 11.5 Å². The van der Waals surface area contributed by atoms with Gasteiger partial charge >= 0.3 is 5.69 Å². The van der Waals surface area contributed by atoms with Crippen molar-refractivity contribution in [3.05, 3.63) is 72.5 Å². The van der Waals surface area contributed by atoms with Crippen molar-refractivity contribution in [2.45, 2.75) is 18.9 Å². The van der Waals surface area contributed by atoms with Crippen molar-refractivity contribution in [1.29, 1.82) is 0 Å². The van der Waals surface area contributed by atoms with Gasteiger partial charge in [-0.05, 0) is 36.8 Å². The number of halogens is 4. The molecule has 0 bridgehead atoms. The Morgan fingerprint density at radius 3 is 2.60 bits per heavy atom. The number of phenols is 1. The Balaban J connectivity index is 1.63. The molecule has 1 aliphatic rings. The van der Waals surface area contributed by atoms with Gasteiger partial charge in [0.15, 0.2) is 11.4 Å². The number of hydrogen-bond acceptors (Lipinski definition) is 7. The summed E-state index contributed by atoms with van der Waals surface area (Å²) >= 11 is 12.5. The van der Waals surface area contributed by atoms with Crippen molar-refractivity contribution in [2.75, 3.05) is 13.2 Å². The minimum absolute atomic E-state index is 0.0539. The molecule has 3 N–H and O–H groups in total. The largest absolute Gasteiger partial charge is 0.507 e. The van der Waals surface area contributed by atoms with Crippen LogP contribution in [0, 0.1) is 0 Å². The average Bonchev–Trinajstić information content (AvgIpc) is 3.30. The quantitative estimate of drug-likeness (QED) is 0.447. The van der Waals surface area contributed by atoms with Crippen molar-refractivity contribution in [3.63, 3.8) is 0 Å². The lowest BCUT2D eigenvalue weighted by Crippen LogP contribution is -2.35. The van der Waals surface area contributed by atoms with Gasteiger partial charge in [-0.15, -0.1) is 0 Å². The molecule has 184 valence electrons. The van der Waals surface area contributed by atoms with Crippen LogP contribution in [0.25, 0.3) is 5.69 Å². The molecular formula is C21H16Cl2F2N4O6. The second-order valence-corrected chi connectivity index (χ2v) is 8.22. The number of amides is 1. The molecule has 1 saturated heterocycles. The predicted octanol–water partition coefficient (Wildman–Crippen LogP) is 3.18. The average molecular weight is 529 g/mol. The van der Waals surface area contributed by atoms with Crippen LogP contribution in [0.2, 0.25) is 10.0 Å². The topological polar surface area (TPSA) is 136 Å². The van der Waals surface area contributed by atoms with Crippen LogP contribution < -0.4 is 21.3 Å². The number of aromatic amines is 1. The zero-order valence-electron chi connectivity index (χ0n) is 17.6. The van der Waals surface area contributed by atoms with Crippen molar-refractivity contribution < 1.29 is 28.2 Å². The number of rotatable bonds is 6. The highest BCUT2D eigenvalue weighted by Crippen LogP contribution is 2.39. The lowest BCUT2D eigenvalue weighted by atomic mass is 10.1. The molecule has 0 spiro atoms. The van der Waals surface area contributed by atoms with Crippen molar-refractivity contribution in [1.82, 2.24) is 20.1 Å². The highest BCUT2D eigenvalue weighted by atomic mass is 35.5. The number of H-pyrrole nitrogens is 1. The molecule has 1 unspecified atom stereocenters. The van der Waals surface area contributed by atoms with E-state index >= 15 is 0 Å². The molecule has 35 heavy (non-hydrogen) atoms. The maximum Gasteiger partial charge on any atom is 0.349 e. The minimum atomic E-state index is -3.22. The van der Waals surface area contributed by atoms with Crippen LogP contribution in [0.15, 0.2) is 39.9 Å². The zero-order valence-corrected chi connectivity index (χ0v) is 19.1. The van der Waals surface area contributed by atoms with Crippen molar-refractivity contribution >= 4 is 29.1 Å². The summed E-state index contributed by atoms with van der Waals surface area (Å²) in [5.41, 5.74) is -3.72. The maximum atomic E-state index is 13.0. The normalized spacial score (nSPS) is 15.4. The highest BCUT2D eigenvalue weighted by molar-refractivity contribution is 6.37. The molecule has 0 radical (unpaired) electrons. The monoisotopic (exact) mass is 528 g/mol. The third-order valence-corrected chi connectivity index (χ3v) is 5.55. The third-order valence-electron chi connectivity index (χ3n) is 4.98. The number of benzene rings is 2. The molecule has 1 amide bonds. The predicted molar refractivity (Wildman–Crippen MR) is 120 cm³/mol. The number of nitrogens with zero attached hydrogens (tertiary/aromatic N) is 2. The molecule has 4 rings (SSSR count). The lowest BCUT2D eigenvalue weighted by molar-refractivity contribution is 0.0927. The summed E-state index contributed by atoms with van der Waals surface area (Å²) in [6, 6.07) is 6.05. The molecule has 14 heteroatoms. The first-order valence-electron chi connectivity index (χ1n) is 10.0. The molecular weight excluding hydrogens is 513 g/mol. The molecule has 0 aliphatic carbocycles. The number of nitrogens with one attached hydrogen (secondary N) is 2. The van der Waals surface area contributed by atoms with Crippen LogP contribution in [0.5, 0.6) is 17.2 Å². The van der Waals surface area contributed by atoms with Gasteiger partial charge in [-0.2, -0.15) is 9.78 Å². The maximum absolute atomic E-state index is 13.0. The van der Waals surface area contributed by atoms with Crippen LogP contribution >= 0.6 is 23.2 Å². The standard InChI is InChI=1S/C21H16Cl2F2N4O6/c22-13-5-10(29-21(33)27-20(32)16(28-29)18(24)25)6-14(23)17(13)35-11-1-2-15(30)12(7-11)19(31)26-9-3-4-34-8-9/h1-2,5-7,9,18,30H,3-4,8H2,(H,26,31)(H,27,32,33). The van der Waals surface area contributed by atoms with Crippen LogP contribution in [-0.2, 0) is 4.74 Å². The molecule has 2 aromatic carbocycles. The summed E-state index contributed by atoms with van der Waals surface area (Å²) in [6.45, 7) is 0.892. The Labute approximate surface area is 205 Å². The van der Waals surface area contributed by atoms with E-state index in [1.54, 1.807) is 4.98 Å².